The molecule has 0 aliphatic carbocycles. The standard InChI is InChI=1S/C16H18N2O5/c1-16(2,3)23-15(21)17-8-10-4-6-11(7-5-10)13-18-12(9-22-13)14(19)20/h4-7,9H,8H2,1-3H3,(H,17,21)(H,19,20). The number of nitrogens with zero attached hydrogens (tertiary/aromatic N) is 1. The molecule has 0 aliphatic heterocycles. The fourth-order valence-electron chi connectivity index (χ4n) is 1.76. The molecule has 122 valence electrons. The van der Waals surface area contributed by atoms with E-state index in [-0.39, 0.29) is 11.6 Å². The maximum atomic E-state index is 11.6. The van der Waals surface area contributed by atoms with Crippen molar-refractivity contribution in [1.29, 1.82) is 0 Å². The smallest absolute Gasteiger partial charge is 0.407 e. The number of aromatic nitrogens is 1. The highest BCUT2D eigenvalue weighted by molar-refractivity contribution is 5.85. The number of carbonyl (C=O) groups is 2. The fourth-order valence-corrected chi connectivity index (χ4v) is 1.76. The molecule has 2 N–H and O–H groups in total. The second kappa shape index (κ2) is 6.51. The Hall–Kier alpha value is -2.83. The maximum absolute atomic E-state index is 11.6. The number of hydrogen-bond acceptors (Lipinski definition) is 5. The van der Waals surface area contributed by atoms with Crippen molar-refractivity contribution in [3.8, 4) is 11.5 Å². The van der Waals surface area contributed by atoms with Crippen molar-refractivity contribution >= 4 is 12.1 Å². The number of nitrogens with one attached hydrogen (secondary N) is 1. The minimum Gasteiger partial charge on any atom is -0.476 e. The molecule has 7 heteroatoms. The number of hydrogen-bond donors (Lipinski definition) is 2. The van der Waals surface area contributed by atoms with E-state index in [1.807, 2.05) is 0 Å². The summed E-state index contributed by atoms with van der Waals surface area (Å²) in [6, 6.07) is 7.06. The molecule has 1 aromatic carbocycles. The van der Waals surface area contributed by atoms with Crippen LogP contribution in [0.1, 0.15) is 36.8 Å². The summed E-state index contributed by atoms with van der Waals surface area (Å²) in [5.41, 5.74) is 0.833. The fraction of sp³-hybridized carbons (Fsp3) is 0.312. The molecule has 1 heterocycles. The first-order chi connectivity index (χ1) is 10.7. The Bertz CT molecular complexity index is 698. The van der Waals surface area contributed by atoms with Gasteiger partial charge in [0.2, 0.25) is 5.89 Å². The third kappa shape index (κ3) is 4.84. The van der Waals surface area contributed by atoms with Crippen molar-refractivity contribution in [3.05, 3.63) is 41.8 Å². The van der Waals surface area contributed by atoms with Crippen molar-refractivity contribution in [2.24, 2.45) is 0 Å². The van der Waals surface area contributed by atoms with Gasteiger partial charge in [0.05, 0.1) is 0 Å². The van der Waals surface area contributed by atoms with Gasteiger partial charge in [-0.25, -0.2) is 14.6 Å². The first kappa shape index (κ1) is 16.5. The lowest BCUT2D eigenvalue weighted by atomic mass is 10.1. The molecule has 2 aromatic rings. The molecule has 7 nitrogen and oxygen atoms in total. The number of rotatable bonds is 4. The molecule has 0 spiro atoms. The summed E-state index contributed by atoms with van der Waals surface area (Å²) in [5, 5.41) is 11.5. The quantitative estimate of drug-likeness (QED) is 0.898. The SMILES string of the molecule is CC(C)(C)OC(=O)NCc1ccc(-c2nc(C(=O)O)co2)cc1. The molecule has 23 heavy (non-hydrogen) atoms. The van der Waals surface area contributed by atoms with Crippen LogP contribution in [0.5, 0.6) is 0 Å². The largest absolute Gasteiger partial charge is 0.476 e. The second-order valence-electron chi connectivity index (χ2n) is 5.90. The molecule has 0 radical (unpaired) electrons. The van der Waals surface area contributed by atoms with Crippen molar-refractivity contribution in [2.45, 2.75) is 32.9 Å². The zero-order valence-corrected chi connectivity index (χ0v) is 13.1. The lowest BCUT2D eigenvalue weighted by molar-refractivity contribution is 0.0523. The number of carbonyl (C=O) groups excluding carboxylic acids is 1. The van der Waals surface area contributed by atoms with Gasteiger partial charge >= 0.3 is 12.1 Å². The summed E-state index contributed by atoms with van der Waals surface area (Å²) in [7, 11) is 0. The molecule has 1 amide bonds. The first-order valence-corrected chi connectivity index (χ1v) is 6.99. The molecule has 0 aliphatic rings. The number of aromatic carboxylic acids is 1. The van der Waals surface area contributed by atoms with Gasteiger partial charge in [0.1, 0.15) is 11.9 Å². The Morgan fingerprint density at radius 2 is 1.91 bits per heavy atom. The molecule has 0 saturated carbocycles. The van der Waals surface area contributed by atoms with Crippen LogP contribution in [-0.4, -0.2) is 27.8 Å². The predicted octanol–water partition coefficient (Wildman–Crippen LogP) is 3.06. The van der Waals surface area contributed by atoms with Gasteiger partial charge in [-0.1, -0.05) is 12.1 Å². The highest BCUT2D eigenvalue weighted by Crippen LogP contribution is 2.19. The molecular formula is C16H18N2O5. The van der Waals surface area contributed by atoms with E-state index in [1.54, 1.807) is 45.0 Å². The van der Waals surface area contributed by atoms with Gasteiger partial charge in [0.15, 0.2) is 5.69 Å². The summed E-state index contributed by atoms with van der Waals surface area (Å²) in [5.74, 6) is -0.910. The van der Waals surface area contributed by atoms with Crippen molar-refractivity contribution in [2.75, 3.05) is 0 Å². The van der Waals surface area contributed by atoms with E-state index in [2.05, 4.69) is 10.3 Å². The summed E-state index contributed by atoms with van der Waals surface area (Å²) < 4.78 is 10.3. The van der Waals surface area contributed by atoms with E-state index in [0.29, 0.717) is 12.1 Å². The number of amides is 1. The normalized spacial score (nSPS) is 11.1. The van der Waals surface area contributed by atoms with Gasteiger partial charge in [-0.15, -0.1) is 0 Å². The number of alkyl carbamates (subject to hydrolysis) is 1. The number of carboxylic acids is 1. The topological polar surface area (TPSA) is 102 Å². The Morgan fingerprint density at radius 1 is 1.26 bits per heavy atom. The molecular weight excluding hydrogens is 300 g/mol. The Kier molecular flexibility index (Phi) is 4.68. The number of benzene rings is 1. The summed E-state index contributed by atoms with van der Waals surface area (Å²) in [6.07, 6.45) is 0.607. The Morgan fingerprint density at radius 3 is 2.43 bits per heavy atom. The van der Waals surface area contributed by atoms with E-state index >= 15 is 0 Å². The van der Waals surface area contributed by atoms with E-state index in [4.69, 9.17) is 14.3 Å². The van der Waals surface area contributed by atoms with Gasteiger partial charge in [-0.2, -0.15) is 0 Å². The van der Waals surface area contributed by atoms with Gasteiger partial charge in [-0.3, -0.25) is 0 Å². The van der Waals surface area contributed by atoms with Gasteiger partial charge in [0.25, 0.3) is 0 Å². The minimum atomic E-state index is -1.14. The average Bonchev–Trinajstić information content (AvgIpc) is 2.94. The maximum Gasteiger partial charge on any atom is 0.407 e. The molecule has 0 unspecified atom stereocenters. The lowest BCUT2D eigenvalue weighted by Gasteiger charge is -2.19. The molecule has 1 aromatic heterocycles. The van der Waals surface area contributed by atoms with E-state index in [0.717, 1.165) is 11.8 Å². The number of oxazole rings is 1. The highest BCUT2D eigenvalue weighted by atomic mass is 16.6. The lowest BCUT2D eigenvalue weighted by Crippen LogP contribution is -2.32. The highest BCUT2D eigenvalue weighted by Gasteiger charge is 2.16. The van der Waals surface area contributed by atoms with Crippen LogP contribution in [-0.2, 0) is 11.3 Å². The van der Waals surface area contributed by atoms with Crippen molar-refractivity contribution in [3.63, 3.8) is 0 Å². The molecule has 0 bridgehead atoms. The van der Waals surface area contributed by atoms with E-state index in [9.17, 15) is 9.59 Å². The van der Waals surface area contributed by atoms with Crippen LogP contribution in [0.15, 0.2) is 34.9 Å². The zero-order valence-electron chi connectivity index (χ0n) is 13.1. The predicted molar refractivity (Wildman–Crippen MR) is 82.0 cm³/mol. The van der Waals surface area contributed by atoms with Gasteiger partial charge < -0.3 is 19.6 Å². The van der Waals surface area contributed by atoms with Crippen LogP contribution < -0.4 is 5.32 Å². The Labute approximate surface area is 133 Å². The average molecular weight is 318 g/mol. The summed E-state index contributed by atoms with van der Waals surface area (Å²) >= 11 is 0. The van der Waals surface area contributed by atoms with E-state index < -0.39 is 17.7 Å². The third-order valence-electron chi connectivity index (χ3n) is 2.76. The summed E-state index contributed by atoms with van der Waals surface area (Å²) in [4.78, 5) is 26.2. The third-order valence-corrected chi connectivity index (χ3v) is 2.76. The van der Waals surface area contributed by atoms with Crippen LogP contribution in [0.2, 0.25) is 0 Å². The molecule has 0 atom stereocenters. The van der Waals surface area contributed by atoms with Gasteiger partial charge in [-0.05, 0) is 38.5 Å². The molecule has 0 saturated heterocycles. The number of carboxylic acid groups (broad SMARTS) is 1. The summed E-state index contributed by atoms with van der Waals surface area (Å²) in [6.45, 7) is 5.70. The van der Waals surface area contributed by atoms with E-state index in [1.165, 1.54) is 0 Å². The van der Waals surface area contributed by atoms with Crippen LogP contribution >= 0.6 is 0 Å². The van der Waals surface area contributed by atoms with Crippen molar-refractivity contribution in [1.82, 2.24) is 10.3 Å². The van der Waals surface area contributed by atoms with Crippen molar-refractivity contribution < 1.29 is 23.8 Å². The number of ether oxygens (including phenoxy) is 1. The zero-order chi connectivity index (χ0) is 17.0. The van der Waals surface area contributed by atoms with Crippen LogP contribution in [0.3, 0.4) is 0 Å². The Balaban J connectivity index is 1.96. The van der Waals surface area contributed by atoms with Crippen LogP contribution in [0, 0.1) is 0 Å². The molecule has 2 rings (SSSR count). The monoisotopic (exact) mass is 318 g/mol. The van der Waals surface area contributed by atoms with Crippen LogP contribution in [0.25, 0.3) is 11.5 Å². The first-order valence-electron chi connectivity index (χ1n) is 6.99. The van der Waals surface area contributed by atoms with Gasteiger partial charge in [0, 0.05) is 12.1 Å². The van der Waals surface area contributed by atoms with Crippen LogP contribution in [0.4, 0.5) is 4.79 Å². The molecule has 0 fully saturated rings. The second-order valence-corrected chi connectivity index (χ2v) is 5.90. The minimum absolute atomic E-state index is 0.143.